The lowest BCUT2D eigenvalue weighted by Crippen LogP contribution is -2.35. The number of rotatable bonds is 3. The first-order chi connectivity index (χ1) is 8.52. The predicted octanol–water partition coefficient (Wildman–Crippen LogP) is 3.36. The highest BCUT2D eigenvalue weighted by atomic mass is 35.5. The van der Waals surface area contributed by atoms with Gasteiger partial charge >= 0.3 is 0 Å². The van der Waals surface area contributed by atoms with Gasteiger partial charge in [-0.05, 0) is 31.2 Å². The highest BCUT2D eigenvalue weighted by molar-refractivity contribution is 6.18. The van der Waals surface area contributed by atoms with Gasteiger partial charge in [0.15, 0.2) is 0 Å². The van der Waals surface area contributed by atoms with Crippen molar-refractivity contribution in [3.05, 3.63) is 17.5 Å². The molecule has 0 radical (unpaired) electrons. The molecule has 1 aromatic heterocycles. The minimum Gasteiger partial charge on any atom is -0.336 e. The molecule has 0 N–H and O–H groups in total. The van der Waals surface area contributed by atoms with Crippen molar-refractivity contribution in [1.82, 2.24) is 9.97 Å². The number of hydrogen-bond acceptors (Lipinski definition) is 3. The number of aromatic nitrogens is 2. The van der Waals surface area contributed by atoms with Gasteiger partial charge in [0.1, 0.15) is 0 Å². The van der Waals surface area contributed by atoms with Gasteiger partial charge < -0.3 is 4.90 Å². The number of nitrogens with zero attached hydrogens (tertiary/aromatic N) is 3. The summed E-state index contributed by atoms with van der Waals surface area (Å²) in [5.41, 5.74) is 2.15. The van der Waals surface area contributed by atoms with Crippen LogP contribution in [0.15, 0.2) is 6.07 Å². The average molecular weight is 268 g/mol. The van der Waals surface area contributed by atoms with E-state index < -0.39 is 0 Å². The molecule has 1 aromatic rings. The molecule has 1 fully saturated rings. The lowest BCUT2D eigenvalue weighted by molar-refractivity contribution is 0.546. The van der Waals surface area contributed by atoms with Crippen LogP contribution in [0.1, 0.15) is 44.5 Å². The van der Waals surface area contributed by atoms with Crippen molar-refractivity contribution >= 4 is 17.5 Å². The van der Waals surface area contributed by atoms with E-state index in [0.29, 0.717) is 23.8 Å². The fourth-order valence-corrected chi connectivity index (χ4v) is 2.96. The SMILES string of the molecule is Cc1cc(C(C)C)nc(N2CCC(C)C2CCl)n1. The van der Waals surface area contributed by atoms with Crippen LogP contribution in [0.2, 0.25) is 0 Å². The van der Waals surface area contributed by atoms with Crippen LogP contribution >= 0.6 is 11.6 Å². The molecule has 1 saturated heterocycles. The van der Waals surface area contributed by atoms with Crippen molar-refractivity contribution < 1.29 is 0 Å². The molecule has 0 aliphatic carbocycles. The van der Waals surface area contributed by atoms with E-state index in [4.69, 9.17) is 16.6 Å². The fraction of sp³-hybridized carbons (Fsp3) is 0.714. The zero-order valence-corrected chi connectivity index (χ0v) is 12.4. The van der Waals surface area contributed by atoms with E-state index in [1.54, 1.807) is 0 Å². The van der Waals surface area contributed by atoms with Crippen LogP contribution in [0.4, 0.5) is 5.95 Å². The maximum atomic E-state index is 6.09. The first-order valence-electron chi connectivity index (χ1n) is 6.71. The van der Waals surface area contributed by atoms with E-state index in [2.05, 4.69) is 36.7 Å². The summed E-state index contributed by atoms with van der Waals surface area (Å²) in [7, 11) is 0. The number of alkyl halides is 1. The Morgan fingerprint density at radius 3 is 2.78 bits per heavy atom. The Balaban J connectivity index is 2.33. The molecule has 2 heterocycles. The van der Waals surface area contributed by atoms with Gasteiger partial charge in [-0.1, -0.05) is 20.8 Å². The van der Waals surface area contributed by atoms with Crippen molar-refractivity contribution in [2.24, 2.45) is 5.92 Å². The van der Waals surface area contributed by atoms with E-state index in [1.165, 1.54) is 6.42 Å². The second kappa shape index (κ2) is 5.43. The lowest BCUT2D eigenvalue weighted by Gasteiger charge is -2.26. The fourth-order valence-electron chi connectivity index (χ4n) is 2.49. The lowest BCUT2D eigenvalue weighted by atomic mass is 10.1. The van der Waals surface area contributed by atoms with Crippen LogP contribution in [0.25, 0.3) is 0 Å². The van der Waals surface area contributed by atoms with Crippen molar-refractivity contribution in [3.63, 3.8) is 0 Å². The molecular weight excluding hydrogens is 246 g/mol. The quantitative estimate of drug-likeness (QED) is 0.787. The van der Waals surface area contributed by atoms with Crippen LogP contribution in [0.5, 0.6) is 0 Å². The second-order valence-electron chi connectivity index (χ2n) is 5.57. The van der Waals surface area contributed by atoms with Gasteiger partial charge in [0.25, 0.3) is 0 Å². The Hall–Kier alpha value is -0.830. The molecule has 0 bridgehead atoms. The maximum absolute atomic E-state index is 6.09. The first kappa shape index (κ1) is 13.6. The van der Waals surface area contributed by atoms with Gasteiger partial charge in [0.05, 0.1) is 0 Å². The molecule has 0 saturated carbocycles. The molecule has 1 aliphatic rings. The molecule has 1 aliphatic heterocycles. The Morgan fingerprint density at radius 1 is 1.44 bits per heavy atom. The smallest absolute Gasteiger partial charge is 0.226 e. The van der Waals surface area contributed by atoms with E-state index in [1.807, 2.05) is 6.92 Å². The standard InChI is InChI=1S/C14H22ClN3/c1-9(2)12-7-11(4)16-14(17-12)18-6-5-10(3)13(18)8-15/h7,9-10,13H,5-6,8H2,1-4H3. The molecule has 0 spiro atoms. The first-order valence-corrected chi connectivity index (χ1v) is 7.24. The third kappa shape index (κ3) is 2.61. The molecule has 18 heavy (non-hydrogen) atoms. The Bertz CT molecular complexity index is 420. The van der Waals surface area contributed by atoms with E-state index >= 15 is 0 Å². The molecule has 2 rings (SSSR count). The van der Waals surface area contributed by atoms with Crippen LogP contribution in [0.3, 0.4) is 0 Å². The van der Waals surface area contributed by atoms with Gasteiger partial charge in [-0.25, -0.2) is 9.97 Å². The highest BCUT2D eigenvalue weighted by Gasteiger charge is 2.32. The average Bonchev–Trinajstić information content (AvgIpc) is 2.69. The van der Waals surface area contributed by atoms with Crippen LogP contribution in [-0.2, 0) is 0 Å². The normalized spacial score (nSPS) is 24.0. The zero-order valence-electron chi connectivity index (χ0n) is 11.7. The maximum Gasteiger partial charge on any atom is 0.226 e. The van der Waals surface area contributed by atoms with E-state index in [9.17, 15) is 0 Å². The third-order valence-electron chi connectivity index (χ3n) is 3.75. The molecule has 2 unspecified atom stereocenters. The Morgan fingerprint density at radius 2 is 2.17 bits per heavy atom. The summed E-state index contributed by atoms with van der Waals surface area (Å²) in [5, 5.41) is 0. The minimum absolute atomic E-state index is 0.369. The summed E-state index contributed by atoms with van der Waals surface area (Å²) >= 11 is 6.09. The van der Waals surface area contributed by atoms with Crippen LogP contribution in [-0.4, -0.2) is 28.4 Å². The van der Waals surface area contributed by atoms with E-state index in [0.717, 1.165) is 23.9 Å². The number of aryl methyl sites for hydroxylation is 1. The van der Waals surface area contributed by atoms with Gasteiger partial charge in [-0.3, -0.25) is 0 Å². The summed E-state index contributed by atoms with van der Waals surface area (Å²) in [4.78, 5) is 11.6. The summed E-state index contributed by atoms with van der Waals surface area (Å²) in [5.74, 6) is 2.55. The van der Waals surface area contributed by atoms with Gasteiger partial charge in [-0.15, -0.1) is 11.6 Å². The van der Waals surface area contributed by atoms with E-state index in [-0.39, 0.29) is 0 Å². The van der Waals surface area contributed by atoms with Gasteiger partial charge in [0, 0.05) is 29.9 Å². The third-order valence-corrected chi connectivity index (χ3v) is 4.07. The summed E-state index contributed by atoms with van der Waals surface area (Å²) in [6, 6.07) is 2.44. The van der Waals surface area contributed by atoms with Crippen molar-refractivity contribution in [3.8, 4) is 0 Å². The highest BCUT2D eigenvalue weighted by Crippen LogP contribution is 2.29. The predicted molar refractivity (Wildman–Crippen MR) is 76.5 cm³/mol. The molecule has 0 amide bonds. The largest absolute Gasteiger partial charge is 0.336 e. The molecule has 100 valence electrons. The summed E-state index contributed by atoms with van der Waals surface area (Å²) in [6.07, 6.45) is 1.17. The minimum atomic E-state index is 0.369. The molecule has 3 nitrogen and oxygen atoms in total. The molecule has 0 aromatic carbocycles. The van der Waals surface area contributed by atoms with Crippen molar-refractivity contribution in [1.29, 1.82) is 0 Å². The van der Waals surface area contributed by atoms with Crippen LogP contribution in [0, 0.1) is 12.8 Å². The monoisotopic (exact) mass is 267 g/mol. The Labute approximate surface area is 115 Å². The summed E-state index contributed by atoms with van der Waals surface area (Å²) < 4.78 is 0. The van der Waals surface area contributed by atoms with Crippen LogP contribution < -0.4 is 4.90 Å². The molecule has 4 heteroatoms. The summed E-state index contributed by atoms with van der Waals surface area (Å²) in [6.45, 7) is 9.63. The van der Waals surface area contributed by atoms with Crippen molar-refractivity contribution in [2.75, 3.05) is 17.3 Å². The second-order valence-corrected chi connectivity index (χ2v) is 5.88. The molecule has 2 atom stereocenters. The van der Waals surface area contributed by atoms with Gasteiger partial charge in [-0.2, -0.15) is 0 Å². The molecular formula is C14H22ClN3. The number of halogens is 1. The number of hydrogen-bond donors (Lipinski definition) is 0. The Kier molecular flexibility index (Phi) is 4.10. The van der Waals surface area contributed by atoms with Crippen molar-refractivity contribution in [2.45, 2.75) is 46.1 Å². The number of anilines is 1. The topological polar surface area (TPSA) is 29.0 Å². The zero-order chi connectivity index (χ0) is 13.3. The van der Waals surface area contributed by atoms with Gasteiger partial charge in [0.2, 0.25) is 5.95 Å².